The topological polar surface area (TPSA) is 94.0 Å². The van der Waals surface area contributed by atoms with E-state index < -0.39 is 5.97 Å². The number of nitrogen functional groups attached to an aromatic ring is 1. The van der Waals surface area contributed by atoms with E-state index in [1.807, 2.05) is 0 Å². The zero-order chi connectivity index (χ0) is 10.3. The Bertz CT molecular complexity index is 517. The molecule has 0 atom stereocenters. The molecule has 2 heterocycles. The number of nitrogens with zero attached hydrogens (tertiary/aromatic N) is 3. The molecule has 0 aromatic carbocycles. The van der Waals surface area contributed by atoms with Crippen LogP contribution in [0.4, 0.5) is 5.82 Å². The van der Waals surface area contributed by atoms with Crippen LogP contribution < -0.4 is 5.73 Å². The van der Waals surface area contributed by atoms with Crippen molar-refractivity contribution >= 4 is 23.0 Å². The summed E-state index contributed by atoms with van der Waals surface area (Å²) < 4.78 is 1.60. The normalized spacial score (nSPS) is 10.6. The van der Waals surface area contributed by atoms with Gasteiger partial charge in [-0.2, -0.15) is 0 Å². The summed E-state index contributed by atoms with van der Waals surface area (Å²) in [5.74, 6) is -0.874. The van der Waals surface area contributed by atoms with Crippen LogP contribution in [0.3, 0.4) is 0 Å². The maximum absolute atomic E-state index is 10.9. The van der Waals surface area contributed by atoms with Gasteiger partial charge in [0.1, 0.15) is 11.3 Å². The Morgan fingerprint density at radius 3 is 3.00 bits per heavy atom. The molecule has 2 aromatic heterocycles. The van der Waals surface area contributed by atoms with Gasteiger partial charge >= 0.3 is 5.97 Å². The SMILES string of the molecule is Cn1cnc2nc(N)cc(C(=O)O)c21. The first-order valence-corrected chi connectivity index (χ1v) is 3.90. The molecule has 0 aliphatic heterocycles. The second-order valence-electron chi connectivity index (χ2n) is 2.93. The van der Waals surface area contributed by atoms with Crippen molar-refractivity contribution in [3.05, 3.63) is 18.0 Å². The minimum atomic E-state index is -1.03. The number of pyridine rings is 1. The number of hydrogen-bond donors (Lipinski definition) is 2. The number of imidazole rings is 1. The number of anilines is 1. The van der Waals surface area contributed by atoms with E-state index in [1.54, 1.807) is 11.6 Å². The van der Waals surface area contributed by atoms with Crippen LogP contribution in [-0.4, -0.2) is 25.6 Å². The Morgan fingerprint density at radius 1 is 1.64 bits per heavy atom. The number of fused-ring (bicyclic) bond motifs is 1. The minimum Gasteiger partial charge on any atom is -0.478 e. The highest BCUT2D eigenvalue weighted by atomic mass is 16.4. The smallest absolute Gasteiger partial charge is 0.338 e. The summed E-state index contributed by atoms with van der Waals surface area (Å²) in [5.41, 5.74) is 6.40. The average Bonchev–Trinajstić information content (AvgIpc) is 2.46. The van der Waals surface area contributed by atoms with E-state index in [4.69, 9.17) is 10.8 Å². The van der Waals surface area contributed by atoms with Crippen LogP contribution in [0.2, 0.25) is 0 Å². The van der Waals surface area contributed by atoms with Crippen molar-refractivity contribution in [2.45, 2.75) is 0 Å². The lowest BCUT2D eigenvalue weighted by Gasteiger charge is -2.00. The van der Waals surface area contributed by atoms with Crippen molar-refractivity contribution in [2.24, 2.45) is 7.05 Å². The van der Waals surface area contributed by atoms with Gasteiger partial charge in [0.2, 0.25) is 0 Å². The second-order valence-corrected chi connectivity index (χ2v) is 2.93. The first kappa shape index (κ1) is 8.49. The molecular weight excluding hydrogens is 184 g/mol. The van der Waals surface area contributed by atoms with E-state index in [2.05, 4.69) is 9.97 Å². The van der Waals surface area contributed by atoms with Crippen LogP contribution in [0.1, 0.15) is 10.4 Å². The van der Waals surface area contributed by atoms with Gasteiger partial charge in [0.25, 0.3) is 0 Å². The van der Waals surface area contributed by atoms with Gasteiger partial charge in [-0.3, -0.25) is 0 Å². The van der Waals surface area contributed by atoms with E-state index >= 15 is 0 Å². The predicted octanol–water partition coefficient (Wildman–Crippen LogP) is 0.249. The standard InChI is InChI=1S/C8H8N4O2/c1-12-3-10-7-6(12)4(8(13)14)2-5(9)11-7/h2-3H,1H3,(H2,9,11)(H,13,14). The predicted molar refractivity (Wildman–Crippen MR) is 49.9 cm³/mol. The van der Waals surface area contributed by atoms with Gasteiger partial charge in [-0.1, -0.05) is 0 Å². The van der Waals surface area contributed by atoms with Gasteiger partial charge in [0, 0.05) is 7.05 Å². The summed E-state index contributed by atoms with van der Waals surface area (Å²) in [4.78, 5) is 18.7. The van der Waals surface area contributed by atoms with Crippen molar-refractivity contribution in [1.82, 2.24) is 14.5 Å². The fraction of sp³-hybridized carbons (Fsp3) is 0.125. The van der Waals surface area contributed by atoms with Gasteiger partial charge in [0.15, 0.2) is 5.65 Å². The molecule has 0 bridgehead atoms. The number of hydrogen-bond acceptors (Lipinski definition) is 4. The third-order valence-electron chi connectivity index (χ3n) is 1.93. The van der Waals surface area contributed by atoms with E-state index in [1.165, 1.54) is 12.4 Å². The molecule has 0 aliphatic carbocycles. The summed E-state index contributed by atoms with van der Waals surface area (Å²) in [6, 6.07) is 1.33. The highest BCUT2D eigenvalue weighted by molar-refractivity contribution is 6.00. The van der Waals surface area contributed by atoms with Crippen molar-refractivity contribution in [1.29, 1.82) is 0 Å². The molecule has 14 heavy (non-hydrogen) atoms. The molecule has 0 unspecified atom stereocenters. The Balaban J connectivity index is 2.90. The average molecular weight is 192 g/mol. The van der Waals surface area contributed by atoms with Crippen molar-refractivity contribution < 1.29 is 9.90 Å². The number of carboxylic acids is 1. The number of aromatic carboxylic acids is 1. The molecule has 0 fully saturated rings. The van der Waals surface area contributed by atoms with Crippen molar-refractivity contribution in [3.8, 4) is 0 Å². The summed E-state index contributed by atoms with van der Waals surface area (Å²) in [5, 5.41) is 8.93. The Hall–Kier alpha value is -2.11. The summed E-state index contributed by atoms with van der Waals surface area (Å²) in [6.45, 7) is 0. The molecule has 3 N–H and O–H groups in total. The zero-order valence-corrected chi connectivity index (χ0v) is 7.43. The van der Waals surface area contributed by atoms with Gasteiger partial charge in [0.05, 0.1) is 11.9 Å². The molecule has 6 heteroatoms. The molecule has 2 rings (SSSR count). The van der Waals surface area contributed by atoms with Gasteiger partial charge < -0.3 is 15.4 Å². The summed E-state index contributed by atoms with van der Waals surface area (Å²) >= 11 is 0. The van der Waals surface area contributed by atoms with Crippen LogP contribution in [-0.2, 0) is 7.05 Å². The number of aryl methyl sites for hydroxylation is 1. The number of carbonyl (C=O) groups is 1. The monoisotopic (exact) mass is 192 g/mol. The fourth-order valence-electron chi connectivity index (χ4n) is 1.34. The van der Waals surface area contributed by atoms with Crippen LogP contribution >= 0.6 is 0 Å². The lowest BCUT2D eigenvalue weighted by atomic mass is 10.2. The third-order valence-corrected chi connectivity index (χ3v) is 1.93. The highest BCUT2D eigenvalue weighted by Gasteiger charge is 2.14. The van der Waals surface area contributed by atoms with Gasteiger partial charge in [-0.05, 0) is 6.07 Å². The highest BCUT2D eigenvalue weighted by Crippen LogP contribution is 2.17. The Morgan fingerprint density at radius 2 is 2.36 bits per heavy atom. The van der Waals surface area contributed by atoms with Gasteiger partial charge in [-0.25, -0.2) is 14.8 Å². The first-order chi connectivity index (χ1) is 6.59. The Kier molecular flexibility index (Phi) is 1.63. The molecule has 0 aliphatic rings. The van der Waals surface area contributed by atoms with Crippen LogP contribution in [0.25, 0.3) is 11.2 Å². The molecule has 0 saturated carbocycles. The van der Waals surface area contributed by atoms with Gasteiger partial charge in [-0.15, -0.1) is 0 Å². The quantitative estimate of drug-likeness (QED) is 0.675. The van der Waals surface area contributed by atoms with Crippen LogP contribution in [0, 0.1) is 0 Å². The third kappa shape index (κ3) is 1.08. The van der Waals surface area contributed by atoms with E-state index in [0.717, 1.165) is 0 Å². The van der Waals surface area contributed by atoms with Crippen molar-refractivity contribution in [3.63, 3.8) is 0 Å². The van der Waals surface area contributed by atoms with E-state index in [-0.39, 0.29) is 11.4 Å². The van der Waals surface area contributed by atoms with Crippen LogP contribution in [0.5, 0.6) is 0 Å². The number of rotatable bonds is 1. The maximum atomic E-state index is 10.9. The molecule has 6 nitrogen and oxygen atoms in total. The maximum Gasteiger partial charge on any atom is 0.338 e. The largest absolute Gasteiger partial charge is 0.478 e. The molecule has 72 valence electrons. The lowest BCUT2D eigenvalue weighted by Crippen LogP contribution is -2.03. The number of nitrogens with two attached hydrogens (primary N) is 1. The molecule has 2 aromatic rings. The van der Waals surface area contributed by atoms with E-state index in [0.29, 0.717) is 11.2 Å². The molecule has 0 saturated heterocycles. The zero-order valence-electron chi connectivity index (χ0n) is 7.43. The Labute approximate surface area is 79.0 Å². The first-order valence-electron chi connectivity index (χ1n) is 3.90. The molecular formula is C8H8N4O2. The number of aromatic nitrogens is 3. The summed E-state index contributed by atoms with van der Waals surface area (Å²) in [7, 11) is 1.71. The lowest BCUT2D eigenvalue weighted by molar-refractivity contribution is 0.0698. The second kappa shape index (κ2) is 2.69. The van der Waals surface area contributed by atoms with Crippen molar-refractivity contribution in [2.75, 3.05) is 5.73 Å². The van der Waals surface area contributed by atoms with E-state index in [9.17, 15) is 4.79 Å². The van der Waals surface area contributed by atoms with Crippen LogP contribution in [0.15, 0.2) is 12.4 Å². The molecule has 0 amide bonds. The summed E-state index contributed by atoms with van der Waals surface area (Å²) in [6.07, 6.45) is 1.50. The molecule has 0 spiro atoms. The number of carboxylic acid groups (broad SMARTS) is 1. The minimum absolute atomic E-state index is 0.118. The fourth-order valence-corrected chi connectivity index (χ4v) is 1.34. The molecule has 0 radical (unpaired) electrons.